The predicted molar refractivity (Wildman–Crippen MR) is 59.6 cm³/mol. The SMILES string of the molecule is CCN(CCN)C(=O)c1ncccc1C. The van der Waals surface area contributed by atoms with Crippen LogP contribution < -0.4 is 5.73 Å². The first kappa shape index (κ1) is 11.7. The summed E-state index contributed by atoms with van der Waals surface area (Å²) in [6.45, 7) is 5.53. The third-order valence-corrected chi connectivity index (χ3v) is 2.28. The Morgan fingerprint density at radius 1 is 1.60 bits per heavy atom. The number of nitrogens with two attached hydrogens (primary N) is 1. The zero-order chi connectivity index (χ0) is 11.3. The third-order valence-electron chi connectivity index (χ3n) is 2.28. The number of carbonyl (C=O) groups excluding carboxylic acids is 1. The number of pyridine rings is 1. The first-order valence-corrected chi connectivity index (χ1v) is 5.11. The summed E-state index contributed by atoms with van der Waals surface area (Å²) in [4.78, 5) is 17.8. The largest absolute Gasteiger partial charge is 0.336 e. The number of aromatic nitrogens is 1. The average molecular weight is 207 g/mol. The lowest BCUT2D eigenvalue weighted by Crippen LogP contribution is -2.36. The molecular weight excluding hydrogens is 190 g/mol. The van der Waals surface area contributed by atoms with E-state index in [4.69, 9.17) is 5.73 Å². The van der Waals surface area contributed by atoms with Crippen LogP contribution in [0.2, 0.25) is 0 Å². The van der Waals surface area contributed by atoms with Gasteiger partial charge >= 0.3 is 0 Å². The van der Waals surface area contributed by atoms with Gasteiger partial charge < -0.3 is 10.6 Å². The first-order chi connectivity index (χ1) is 7.20. The Balaban J connectivity index is 2.88. The van der Waals surface area contributed by atoms with E-state index in [2.05, 4.69) is 4.98 Å². The Morgan fingerprint density at radius 3 is 2.87 bits per heavy atom. The molecule has 15 heavy (non-hydrogen) atoms. The smallest absolute Gasteiger partial charge is 0.272 e. The van der Waals surface area contributed by atoms with Gasteiger partial charge in [-0.3, -0.25) is 9.78 Å². The summed E-state index contributed by atoms with van der Waals surface area (Å²) in [6, 6.07) is 3.71. The lowest BCUT2D eigenvalue weighted by molar-refractivity contribution is 0.0762. The van der Waals surface area contributed by atoms with Crippen LogP contribution >= 0.6 is 0 Å². The minimum Gasteiger partial charge on any atom is -0.336 e. The summed E-state index contributed by atoms with van der Waals surface area (Å²) in [5, 5.41) is 0. The van der Waals surface area contributed by atoms with Crippen molar-refractivity contribution in [2.24, 2.45) is 5.73 Å². The Labute approximate surface area is 90.1 Å². The van der Waals surface area contributed by atoms with Gasteiger partial charge in [0.2, 0.25) is 0 Å². The van der Waals surface area contributed by atoms with Gasteiger partial charge in [-0.2, -0.15) is 0 Å². The summed E-state index contributed by atoms with van der Waals surface area (Å²) in [6.07, 6.45) is 1.64. The molecule has 4 nitrogen and oxygen atoms in total. The van der Waals surface area contributed by atoms with Gasteiger partial charge in [-0.15, -0.1) is 0 Å². The molecule has 4 heteroatoms. The molecule has 0 unspecified atom stereocenters. The molecule has 1 rings (SSSR count). The summed E-state index contributed by atoms with van der Waals surface area (Å²) < 4.78 is 0. The van der Waals surface area contributed by atoms with E-state index in [1.807, 2.05) is 26.0 Å². The number of carbonyl (C=O) groups is 1. The van der Waals surface area contributed by atoms with Gasteiger partial charge in [0.25, 0.3) is 5.91 Å². The van der Waals surface area contributed by atoms with Crippen LogP contribution in [0.4, 0.5) is 0 Å². The second-order valence-electron chi connectivity index (χ2n) is 3.34. The monoisotopic (exact) mass is 207 g/mol. The second kappa shape index (κ2) is 5.46. The lowest BCUT2D eigenvalue weighted by atomic mass is 10.2. The Hall–Kier alpha value is -1.42. The molecule has 0 aliphatic carbocycles. The standard InChI is InChI=1S/C11H17N3O/c1-3-14(8-6-12)11(15)10-9(2)5-4-7-13-10/h4-5,7H,3,6,8,12H2,1-2H3. The maximum atomic E-state index is 12.0. The lowest BCUT2D eigenvalue weighted by Gasteiger charge is -2.20. The highest BCUT2D eigenvalue weighted by Gasteiger charge is 2.16. The number of aryl methyl sites for hydroxylation is 1. The van der Waals surface area contributed by atoms with Crippen LogP contribution in [-0.2, 0) is 0 Å². The number of nitrogens with zero attached hydrogens (tertiary/aromatic N) is 2. The van der Waals surface area contributed by atoms with Crippen LogP contribution in [-0.4, -0.2) is 35.4 Å². The molecular formula is C11H17N3O. The zero-order valence-electron chi connectivity index (χ0n) is 9.23. The predicted octanol–water partition coefficient (Wildman–Crippen LogP) is 0.811. The van der Waals surface area contributed by atoms with E-state index in [0.29, 0.717) is 25.3 Å². The quantitative estimate of drug-likeness (QED) is 0.794. The molecule has 2 N–H and O–H groups in total. The van der Waals surface area contributed by atoms with Crippen LogP contribution in [0.3, 0.4) is 0 Å². The van der Waals surface area contributed by atoms with Crippen molar-refractivity contribution in [3.05, 3.63) is 29.6 Å². The third kappa shape index (κ3) is 2.76. The van der Waals surface area contributed by atoms with E-state index in [-0.39, 0.29) is 5.91 Å². The minimum atomic E-state index is -0.0407. The van der Waals surface area contributed by atoms with E-state index in [1.165, 1.54) is 0 Å². The molecule has 0 saturated heterocycles. The van der Waals surface area contributed by atoms with Crippen LogP contribution in [0, 0.1) is 6.92 Å². The van der Waals surface area contributed by atoms with E-state index in [1.54, 1.807) is 11.1 Å². The first-order valence-electron chi connectivity index (χ1n) is 5.11. The second-order valence-corrected chi connectivity index (χ2v) is 3.34. The Bertz CT molecular complexity index is 338. The molecule has 0 bridgehead atoms. The van der Waals surface area contributed by atoms with Crippen molar-refractivity contribution >= 4 is 5.91 Å². The average Bonchev–Trinajstić information content (AvgIpc) is 2.25. The Kier molecular flexibility index (Phi) is 4.24. The summed E-state index contributed by atoms with van der Waals surface area (Å²) in [7, 11) is 0. The van der Waals surface area contributed by atoms with Crippen molar-refractivity contribution in [3.8, 4) is 0 Å². The molecule has 0 saturated carbocycles. The fourth-order valence-electron chi connectivity index (χ4n) is 1.42. The van der Waals surface area contributed by atoms with Crippen molar-refractivity contribution in [2.75, 3.05) is 19.6 Å². The molecule has 0 aromatic carbocycles. The van der Waals surface area contributed by atoms with Crippen LogP contribution in [0.5, 0.6) is 0 Å². The van der Waals surface area contributed by atoms with Gasteiger partial charge in [0.1, 0.15) is 5.69 Å². The molecule has 0 aliphatic heterocycles. The number of amides is 1. The van der Waals surface area contributed by atoms with Crippen molar-refractivity contribution in [3.63, 3.8) is 0 Å². The van der Waals surface area contributed by atoms with Gasteiger partial charge in [0.05, 0.1) is 0 Å². The molecule has 82 valence electrons. The van der Waals surface area contributed by atoms with Crippen molar-refractivity contribution in [1.29, 1.82) is 0 Å². The van der Waals surface area contributed by atoms with E-state index in [9.17, 15) is 4.79 Å². The van der Waals surface area contributed by atoms with Gasteiger partial charge in [0.15, 0.2) is 0 Å². The minimum absolute atomic E-state index is 0.0407. The van der Waals surface area contributed by atoms with E-state index in [0.717, 1.165) is 5.56 Å². The number of hydrogen-bond donors (Lipinski definition) is 1. The van der Waals surface area contributed by atoms with Crippen LogP contribution in [0.1, 0.15) is 23.0 Å². The fourth-order valence-corrected chi connectivity index (χ4v) is 1.42. The maximum Gasteiger partial charge on any atom is 0.272 e. The molecule has 0 atom stereocenters. The summed E-state index contributed by atoms with van der Waals surface area (Å²) in [5.74, 6) is -0.0407. The van der Waals surface area contributed by atoms with Crippen molar-refractivity contribution in [2.45, 2.75) is 13.8 Å². The molecule has 1 aromatic heterocycles. The van der Waals surface area contributed by atoms with Gasteiger partial charge in [-0.25, -0.2) is 0 Å². The van der Waals surface area contributed by atoms with E-state index >= 15 is 0 Å². The van der Waals surface area contributed by atoms with Crippen molar-refractivity contribution in [1.82, 2.24) is 9.88 Å². The summed E-state index contributed by atoms with van der Waals surface area (Å²) in [5.41, 5.74) is 6.87. The number of likely N-dealkylation sites (N-methyl/N-ethyl adjacent to an activating group) is 1. The zero-order valence-corrected chi connectivity index (χ0v) is 9.23. The highest BCUT2D eigenvalue weighted by Crippen LogP contribution is 2.06. The van der Waals surface area contributed by atoms with E-state index < -0.39 is 0 Å². The fraction of sp³-hybridized carbons (Fsp3) is 0.455. The number of hydrogen-bond acceptors (Lipinski definition) is 3. The van der Waals surface area contributed by atoms with Crippen LogP contribution in [0.25, 0.3) is 0 Å². The maximum absolute atomic E-state index is 12.0. The van der Waals surface area contributed by atoms with Crippen LogP contribution in [0.15, 0.2) is 18.3 Å². The Morgan fingerprint density at radius 2 is 2.33 bits per heavy atom. The highest BCUT2D eigenvalue weighted by molar-refractivity contribution is 5.93. The topological polar surface area (TPSA) is 59.2 Å². The van der Waals surface area contributed by atoms with Gasteiger partial charge in [-0.1, -0.05) is 6.07 Å². The molecule has 0 spiro atoms. The molecule has 0 fully saturated rings. The molecule has 0 aliphatic rings. The van der Waals surface area contributed by atoms with Gasteiger partial charge in [0, 0.05) is 25.8 Å². The molecule has 1 heterocycles. The highest BCUT2D eigenvalue weighted by atomic mass is 16.2. The normalized spacial score (nSPS) is 10.1. The van der Waals surface area contributed by atoms with Crippen molar-refractivity contribution < 1.29 is 4.79 Å². The molecule has 1 aromatic rings. The number of rotatable bonds is 4. The molecule has 0 radical (unpaired) electrons. The molecule has 1 amide bonds. The summed E-state index contributed by atoms with van der Waals surface area (Å²) >= 11 is 0. The van der Waals surface area contributed by atoms with Gasteiger partial charge in [-0.05, 0) is 25.5 Å².